The summed E-state index contributed by atoms with van der Waals surface area (Å²) in [6.45, 7) is 4.23. The normalized spacial score (nSPS) is 11.4. The summed E-state index contributed by atoms with van der Waals surface area (Å²) in [7, 11) is -2.33. The van der Waals surface area contributed by atoms with Crippen LogP contribution in [0, 0.1) is 0 Å². The fourth-order valence-electron chi connectivity index (χ4n) is 2.61. The standard InChI is InChI=1S/C20H24N2O5S/c1-4-15-8-9-16(13-19(15)28(21,24)25)22-20(23)11-7-14-6-10-17(27-5-2)18(12-14)26-3/h6-13H,4-5H2,1-3H3,(H,22,23)(H2,21,24,25)/b11-7+. The van der Waals surface area contributed by atoms with Gasteiger partial charge in [-0.3, -0.25) is 4.79 Å². The lowest BCUT2D eigenvalue weighted by Gasteiger charge is -2.10. The predicted molar refractivity (Wildman–Crippen MR) is 109 cm³/mol. The topological polar surface area (TPSA) is 108 Å². The van der Waals surface area contributed by atoms with Crippen molar-refractivity contribution in [1.82, 2.24) is 0 Å². The molecule has 8 heteroatoms. The number of hydrogen-bond acceptors (Lipinski definition) is 5. The summed E-state index contributed by atoms with van der Waals surface area (Å²) in [4.78, 5) is 12.2. The molecule has 0 aliphatic carbocycles. The van der Waals surface area contributed by atoms with Crippen LogP contribution in [-0.4, -0.2) is 28.0 Å². The van der Waals surface area contributed by atoms with Gasteiger partial charge in [0.2, 0.25) is 15.9 Å². The number of carbonyl (C=O) groups excluding carboxylic acids is 1. The van der Waals surface area contributed by atoms with Crippen LogP contribution in [0.1, 0.15) is 25.0 Å². The molecule has 1 amide bonds. The molecule has 0 aliphatic rings. The molecule has 28 heavy (non-hydrogen) atoms. The maximum atomic E-state index is 12.2. The van der Waals surface area contributed by atoms with Gasteiger partial charge in [-0.2, -0.15) is 0 Å². The average molecular weight is 404 g/mol. The number of methoxy groups -OCH3 is 1. The maximum Gasteiger partial charge on any atom is 0.248 e. The number of carbonyl (C=O) groups is 1. The Labute approximate surface area is 165 Å². The minimum Gasteiger partial charge on any atom is -0.493 e. The quantitative estimate of drug-likeness (QED) is 0.658. The number of aryl methyl sites for hydroxylation is 1. The summed E-state index contributed by atoms with van der Waals surface area (Å²) in [5.41, 5.74) is 1.69. The Morgan fingerprint density at radius 1 is 1.14 bits per heavy atom. The highest BCUT2D eigenvalue weighted by Gasteiger charge is 2.14. The van der Waals surface area contributed by atoms with Crippen molar-refractivity contribution in [2.24, 2.45) is 5.14 Å². The van der Waals surface area contributed by atoms with Crippen LogP contribution in [0.15, 0.2) is 47.4 Å². The molecule has 0 bridgehead atoms. The first-order valence-corrected chi connectivity index (χ1v) is 10.3. The molecule has 2 aromatic rings. The first-order valence-electron chi connectivity index (χ1n) is 8.74. The molecule has 2 rings (SSSR count). The van der Waals surface area contributed by atoms with E-state index in [1.54, 1.807) is 43.5 Å². The molecular formula is C20H24N2O5S. The van der Waals surface area contributed by atoms with E-state index < -0.39 is 15.9 Å². The SMILES string of the molecule is CCOc1ccc(/C=C/C(=O)Nc2ccc(CC)c(S(N)(=O)=O)c2)cc1OC. The number of amides is 1. The molecule has 150 valence electrons. The second-order valence-corrected chi connectivity index (χ2v) is 7.42. The Morgan fingerprint density at radius 3 is 2.50 bits per heavy atom. The van der Waals surface area contributed by atoms with Gasteiger partial charge in [0.05, 0.1) is 18.6 Å². The van der Waals surface area contributed by atoms with E-state index in [-0.39, 0.29) is 4.90 Å². The van der Waals surface area contributed by atoms with Crippen molar-refractivity contribution in [3.05, 3.63) is 53.6 Å². The zero-order chi connectivity index (χ0) is 20.7. The number of rotatable bonds is 8. The second kappa shape index (κ2) is 9.38. The average Bonchev–Trinajstić information content (AvgIpc) is 2.66. The molecule has 0 radical (unpaired) electrons. The summed E-state index contributed by atoms with van der Waals surface area (Å²) in [5.74, 6) is 0.785. The van der Waals surface area contributed by atoms with Gasteiger partial charge in [0.1, 0.15) is 0 Å². The second-order valence-electron chi connectivity index (χ2n) is 5.89. The van der Waals surface area contributed by atoms with Crippen LogP contribution in [0.5, 0.6) is 11.5 Å². The third-order valence-corrected chi connectivity index (χ3v) is 4.93. The van der Waals surface area contributed by atoms with Crippen molar-refractivity contribution >= 4 is 27.7 Å². The summed E-state index contributed by atoms with van der Waals surface area (Å²) in [5, 5.41) is 7.89. The Balaban J connectivity index is 2.16. The molecule has 3 N–H and O–H groups in total. The van der Waals surface area contributed by atoms with Crippen molar-refractivity contribution in [2.45, 2.75) is 25.2 Å². The van der Waals surface area contributed by atoms with Crippen molar-refractivity contribution in [3.63, 3.8) is 0 Å². The van der Waals surface area contributed by atoms with E-state index in [0.717, 1.165) is 5.56 Å². The smallest absolute Gasteiger partial charge is 0.248 e. The van der Waals surface area contributed by atoms with E-state index in [1.165, 1.54) is 12.1 Å². The molecule has 2 aromatic carbocycles. The molecule has 0 atom stereocenters. The zero-order valence-corrected chi connectivity index (χ0v) is 16.9. The Bertz CT molecular complexity index is 984. The lowest BCUT2D eigenvalue weighted by molar-refractivity contribution is -0.111. The van der Waals surface area contributed by atoms with Crippen LogP contribution in [0.2, 0.25) is 0 Å². The van der Waals surface area contributed by atoms with E-state index in [9.17, 15) is 13.2 Å². The van der Waals surface area contributed by atoms with E-state index in [2.05, 4.69) is 5.32 Å². The zero-order valence-electron chi connectivity index (χ0n) is 16.1. The molecule has 0 aromatic heterocycles. The van der Waals surface area contributed by atoms with Gasteiger partial charge in [-0.1, -0.05) is 19.1 Å². The summed E-state index contributed by atoms with van der Waals surface area (Å²) >= 11 is 0. The molecule has 0 heterocycles. The van der Waals surface area contributed by atoms with Crippen LogP contribution < -0.4 is 19.9 Å². The predicted octanol–water partition coefficient (Wildman–Crippen LogP) is 2.96. The van der Waals surface area contributed by atoms with E-state index in [1.807, 2.05) is 13.8 Å². The van der Waals surface area contributed by atoms with Crippen molar-refractivity contribution in [2.75, 3.05) is 19.0 Å². The van der Waals surface area contributed by atoms with Crippen LogP contribution in [-0.2, 0) is 21.2 Å². The molecule has 7 nitrogen and oxygen atoms in total. The van der Waals surface area contributed by atoms with Gasteiger partial charge in [0.25, 0.3) is 0 Å². The van der Waals surface area contributed by atoms with Gasteiger partial charge in [-0.25, -0.2) is 13.6 Å². The number of benzene rings is 2. The Morgan fingerprint density at radius 2 is 1.89 bits per heavy atom. The van der Waals surface area contributed by atoms with E-state index >= 15 is 0 Å². The summed E-state index contributed by atoms with van der Waals surface area (Å²) in [6.07, 6.45) is 3.48. The van der Waals surface area contributed by atoms with Gasteiger partial charge >= 0.3 is 0 Å². The van der Waals surface area contributed by atoms with Crippen molar-refractivity contribution in [1.29, 1.82) is 0 Å². The number of hydrogen-bond donors (Lipinski definition) is 2. The number of ether oxygens (including phenoxy) is 2. The number of sulfonamides is 1. The third kappa shape index (κ3) is 5.58. The molecule has 0 fully saturated rings. The number of nitrogens with one attached hydrogen (secondary N) is 1. The van der Waals surface area contributed by atoms with Gasteiger partial charge < -0.3 is 14.8 Å². The minimum atomic E-state index is -3.87. The Hall–Kier alpha value is -2.84. The fraction of sp³-hybridized carbons (Fsp3) is 0.250. The molecule has 0 spiro atoms. The van der Waals surface area contributed by atoms with Gasteiger partial charge in [-0.05, 0) is 54.8 Å². The van der Waals surface area contributed by atoms with Crippen LogP contribution in [0.25, 0.3) is 6.08 Å². The number of anilines is 1. The summed E-state index contributed by atoms with van der Waals surface area (Å²) in [6, 6.07) is 9.95. The van der Waals surface area contributed by atoms with E-state index in [0.29, 0.717) is 35.8 Å². The highest BCUT2D eigenvalue weighted by molar-refractivity contribution is 7.89. The van der Waals surface area contributed by atoms with Gasteiger partial charge in [0.15, 0.2) is 11.5 Å². The first kappa shape index (κ1) is 21.5. The number of nitrogens with two attached hydrogens (primary N) is 1. The highest BCUT2D eigenvalue weighted by atomic mass is 32.2. The molecule has 0 saturated heterocycles. The monoisotopic (exact) mass is 404 g/mol. The molecule has 0 unspecified atom stereocenters. The van der Waals surface area contributed by atoms with Gasteiger partial charge in [-0.15, -0.1) is 0 Å². The lowest BCUT2D eigenvalue weighted by atomic mass is 10.1. The van der Waals surface area contributed by atoms with Gasteiger partial charge in [0, 0.05) is 11.8 Å². The molecule has 0 saturated carbocycles. The fourth-order valence-corrected chi connectivity index (χ4v) is 3.48. The highest BCUT2D eigenvalue weighted by Crippen LogP contribution is 2.28. The number of primary sulfonamides is 1. The van der Waals surface area contributed by atoms with Crippen molar-refractivity contribution < 1.29 is 22.7 Å². The molecule has 0 aliphatic heterocycles. The van der Waals surface area contributed by atoms with Crippen LogP contribution in [0.4, 0.5) is 5.69 Å². The first-order chi connectivity index (χ1) is 13.3. The minimum absolute atomic E-state index is 0.00743. The third-order valence-electron chi connectivity index (χ3n) is 3.94. The van der Waals surface area contributed by atoms with Crippen molar-refractivity contribution in [3.8, 4) is 11.5 Å². The maximum absolute atomic E-state index is 12.2. The van der Waals surface area contributed by atoms with Crippen LogP contribution >= 0.6 is 0 Å². The molecular weight excluding hydrogens is 380 g/mol. The lowest BCUT2D eigenvalue weighted by Crippen LogP contribution is -2.15. The largest absolute Gasteiger partial charge is 0.493 e. The summed E-state index contributed by atoms with van der Waals surface area (Å²) < 4.78 is 34.2. The van der Waals surface area contributed by atoms with Crippen LogP contribution in [0.3, 0.4) is 0 Å². The Kier molecular flexibility index (Phi) is 7.19. The van der Waals surface area contributed by atoms with E-state index in [4.69, 9.17) is 14.6 Å².